The fourth-order valence-electron chi connectivity index (χ4n) is 5.50. The molecular formula is C24H27N3O9. The van der Waals surface area contributed by atoms with Gasteiger partial charge < -0.3 is 41.9 Å². The Bertz CT molecular complexity index is 1270. The number of aromatic hydroxyl groups is 1. The Balaban J connectivity index is 1.86. The number of amides is 3. The van der Waals surface area contributed by atoms with E-state index in [4.69, 9.17) is 5.73 Å². The highest BCUT2D eigenvalue weighted by Crippen LogP contribution is 2.55. The number of benzene rings is 1. The molecule has 0 spiro atoms. The van der Waals surface area contributed by atoms with Crippen LogP contribution in [0.3, 0.4) is 0 Å². The van der Waals surface area contributed by atoms with Gasteiger partial charge >= 0.3 is 6.03 Å². The van der Waals surface area contributed by atoms with E-state index >= 15 is 0 Å². The number of carbonyl (C=O) groups excluding carboxylic acids is 4. The number of phenols is 1. The minimum atomic E-state index is -2.90. The van der Waals surface area contributed by atoms with Gasteiger partial charge in [0.05, 0.1) is 17.4 Å². The summed E-state index contributed by atoms with van der Waals surface area (Å²) in [5, 5.41) is 59.7. The third-order valence-electron chi connectivity index (χ3n) is 7.28. The summed E-state index contributed by atoms with van der Waals surface area (Å²) in [6.07, 6.45) is -1.48. The van der Waals surface area contributed by atoms with E-state index in [0.717, 1.165) is 0 Å². The number of fused-ring (bicyclic) bond motifs is 3. The van der Waals surface area contributed by atoms with E-state index in [-0.39, 0.29) is 11.3 Å². The third kappa shape index (κ3) is 3.36. The molecule has 3 aliphatic carbocycles. The fraction of sp³-hybridized carbons (Fsp3) is 0.417. The van der Waals surface area contributed by atoms with Crippen LogP contribution in [0.2, 0.25) is 0 Å². The van der Waals surface area contributed by atoms with Gasteiger partial charge in [-0.2, -0.15) is 0 Å². The van der Waals surface area contributed by atoms with Crippen LogP contribution in [0.5, 0.6) is 5.75 Å². The Kier molecular flexibility index (Phi) is 6.05. The van der Waals surface area contributed by atoms with Crippen LogP contribution in [0.25, 0.3) is 0 Å². The predicted molar refractivity (Wildman–Crippen MR) is 124 cm³/mol. The maximum absolute atomic E-state index is 13.6. The fourth-order valence-corrected chi connectivity index (χ4v) is 5.50. The first-order valence-corrected chi connectivity index (χ1v) is 11.4. The molecule has 3 amide bonds. The van der Waals surface area contributed by atoms with Crippen LogP contribution < -0.4 is 16.4 Å². The molecule has 0 bridgehead atoms. The molecule has 12 heteroatoms. The van der Waals surface area contributed by atoms with Crippen molar-refractivity contribution in [1.82, 2.24) is 5.32 Å². The number of rotatable bonds is 4. The Morgan fingerprint density at radius 1 is 1.19 bits per heavy atom. The number of urea groups is 1. The van der Waals surface area contributed by atoms with Gasteiger partial charge in [-0.15, -0.1) is 0 Å². The van der Waals surface area contributed by atoms with E-state index in [0.29, 0.717) is 18.5 Å². The molecule has 0 radical (unpaired) electrons. The number of primary amides is 1. The Hall–Kier alpha value is -3.90. The molecule has 1 aromatic carbocycles. The second kappa shape index (κ2) is 8.64. The first kappa shape index (κ1) is 25.2. The summed E-state index contributed by atoms with van der Waals surface area (Å²) in [6, 6.07) is 2.26. The van der Waals surface area contributed by atoms with E-state index < -0.39 is 87.8 Å². The van der Waals surface area contributed by atoms with Gasteiger partial charge in [0, 0.05) is 30.4 Å². The zero-order valence-electron chi connectivity index (χ0n) is 19.5. The number of hydrogen-bond acceptors (Lipinski definition) is 9. The van der Waals surface area contributed by atoms with Crippen LogP contribution in [0, 0.1) is 11.8 Å². The number of nitrogens with two attached hydrogens (primary N) is 1. The van der Waals surface area contributed by atoms with Gasteiger partial charge in [0.2, 0.25) is 5.78 Å². The second-order valence-corrected chi connectivity index (χ2v) is 9.30. The molecule has 3 aliphatic rings. The molecule has 0 heterocycles. The Morgan fingerprint density at radius 3 is 2.47 bits per heavy atom. The SMILES string of the molecule is CCCNC(=O)Nc1ccc2c(c1O)C(=O)C1=C(O)[C@]3(O)C(=O)C(C(N)=O)=C(O)C[C@@H]3[C@@H](O)[C@@H]1[C@H]2C. The molecule has 1 aromatic rings. The van der Waals surface area contributed by atoms with Crippen molar-refractivity contribution in [1.29, 1.82) is 0 Å². The molecule has 192 valence electrons. The summed E-state index contributed by atoms with van der Waals surface area (Å²) in [6.45, 7) is 3.84. The van der Waals surface area contributed by atoms with Crippen molar-refractivity contribution >= 4 is 29.2 Å². The third-order valence-corrected chi connectivity index (χ3v) is 7.28. The number of hydrogen-bond donors (Lipinski definition) is 8. The van der Waals surface area contributed by atoms with Gasteiger partial charge in [-0.05, 0) is 24.0 Å². The second-order valence-electron chi connectivity index (χ2n) is 9.30. The molecule has 4 rings (SSSR count). The molecule has 36 heavy (non-hydrogen) atoms. The first-order chi connectivity index (χ1) is 16.9. The van der Waals surface area contributed by atoms with Crippen molar-refractivity contribution in [3.63, 3.8) is 0 Å². The number of carbonyl (C=O) groups is 4. The lowest BCUT2D eigenvalue weighted by molar-refractivity contribution is -0.154. The molecular weight excluding hydrogens is 474 g/mol. The lowest BCUT2D eigenvalue weighted by atomic mass is 9.56. The number of phenolic OH excluding ortho intramolecular Hbond substituents is 1. The average molecular weight is 501 g/mol. The van der Waals surface area contributed by atoms with E-state index in [1.807, 2.05) is 6.92 Å². The Morgan fingerprint density at radius 2 is 1.86 bits per heavy atom. The monoisotopic (exact) mass is 501 g/mol. The number of allylic oxidation sites excluding steroid dienone is 1. The maximum Gasteiger partial charge on any atom is 0.319 e. The number of aliphatic hydroxyl groups excluding tert-OH is 3. The number of aliphatic hydroxyl groups is 4. The van der Waals surface area contributed by atoms with Crippen molar-refractivity contribution in [3.8, 4) is 5.75 Å². The predicted octanol–water partition coefficient (Wildman–Crippen LogP) is 0.644. The lowest BCUT2D eigenvalue weighted by Gasteiger charge is -2.50. The van der Waals surface area contributed by atoms with Crippen molar-refractivity contribution in [2.24, 2.45) is 17.6 Å². The summed E-state index contributed by atoms with van der Waals surface area (Å²) in [4.78, 5) is 50.5. The molecule has 0 unspecified atom stereocenters. The summed E-state index contributed by atoms with van der Waals surface area (Å²) in [5.74, 6) is -9.47. The zero-order valence-corrected chi connectivity index (χ0v) is 19.5. The maximum atomic E-state index is 13.6. The number of nitrogens with one attached hydrogen (secondary N) is 2. The van der Waals surface area contributed by atoms with Gasteiger partial charge in [-0.25, -0.2) is 4.79 Å². The largest absolute Gasteiger partial charge is 0.511 e. The normalized spacial score (nSPS) is 29.3. The first-order valence-electron chi connectivity index (χ1n) is 11.4. The van der Waals surface area contributed by atoms with Gasteiger partial charge in [0.25, 0.3) is 5.91 Å². The van der Waals surface area contributed by atoms with Gasteiger partial charge in [0.1, 0.15) is 17.1 Å². The molecule has 0 fully saturated rings. The number of Topliss-reactive ketones (excluding diaryl/α,β-unsaturated/α-hetero) is 2. The van der Waals surface area contributed by atoms with Crippen LogP contribution >= 0.6 is 0 Å². The van der Waals surface area contributed by atoms with Crippen molar-refractivity contribution in [3.05, 3.63) is 45.9 Å². The van der Waals surface area contributed by atoms with Crippen LogP contribution in [0.15, 0.2) is 34.8 Å². The van der Waals surface area contributed by atoms with Crippen LogP contribution in [-0.4, -0.2) is 67.3 Å². The highest BCUT2D eigenvalue weighted by atomic mass is 16.4. The van der Waals surface area contributed by atoms with Gasteiger partial charge in [-0.3, -0.25) is 14.4 Å². The van der Waals surface area contributed by atoms with Crippen molar-refractivity contribution in [2.75, 3.05) is 11.9 Å². The van der Waals surface area contributed by atoms with E-state index in [9.17, 15) is 44.7 Å². The number of ketones is 2. The molecule has 0 saturated heterocycles. The van der Waals surface area contributed by atoms with Crippen molar-refractivity contribution in [2.45, 2.75) is 44.3 Å². The summed E-state index contributed by atoms with van der Waals surface area (Å²) >= 11 is 0. The molecule has 0 aromatic heterocycles. The molecule has 12 nitrogen and oxygen atoms in total. The smallest absolute Gasteiger partial charge is 0.319 e. The van der Waals surface area contributed by atoms with E-state index in [1.54, 1.807) is 6.92 Å². The van der Waals surface area contributed by atoms with E-state index in [1.165, 1.54) is 12.1 Å². The summed E-state index contributed by atoms with van der Waals surface area (Å²) in [5.41, 5.74) is 0.762. The molecule has 5 atom stereocenters. The zero-order chi connectivity index (χ0) is 26.7. The quantitative estimate of drug-likeness (QED) is 0.214. The standard InChI is InChI=1S/C24H27N3O9/c1-3-6-26-23(35)27-11-5-4-9-8(2)13-16(19(31)14(9)18(11)30)21(33)24(36)10(17(13)29)7-12(28)15(20(24)32)22(25)34/h4-5,8,10,13,17,28-30,33,36H,3,6-7H2,1-2H3,(H2,25,34)(H2,26,27,35)/t8-,10+,13+,17+,24+/m0/s1. The van der Waals surface area contributed by atoms with Gasteiger partial charge in [-0.1, -0.05) is 19.9 Å². The molecule has 0 saturated carbocycles. The van der Waals surface area contributed by atoms with Crippen molar-refractivity contribution < 1.29 is 44.7 Å². The van der Waals surface area contributed by atoms with E-state index in [2.05, 4.69) is 10.6 Å². The molecule has 9 N–H and O–H groups in total. The minimum absolute atomic E-state index is 0.0907. The van der Waals surface area contributed by atoms with Crippen LogP contribution in [0.4, 0.5) is 10.5 Å². The highest BCUT2D eigenvalue weighted by molar-refractivity contribution is 6.24. The molecule has 0 aliphatic heterocycles. The lowest BCUT2D eigenvalue weighted by Crippen LogP contribution is -2.62. The van der Waals surface area contributed by atoms with Gasteiger partial charge in [0.15, 0.2) is 17.1 Å². The topological polar surface area (TPSA) is 220 Å². The minimum Gasteiger partial charge on any atom is -0.511 e. The number of anilines is 1. The average Bonchev–Trinajstić information content (AvgIpc) is 2.81. The van der Waals surface area contributed by atoms with Crippen LogP contribution in [-0.2, 0) is 9.59 Å². The Labute approximate surface area is 205 Å². The summed E-state index contributed by atoms with van der Waals surface area (Å²) in [7, 11) is 0. The summed E-state index contributed by atoms with van der Waals surface area (Å²) < 4.78 is 0. The van der Waals surface area contributed by atoms with Crippen LogP contribution in [0.1, 0.15) is 48.5 Å². The highest BCUT2D eigenvalue weighted by Gasteiger charge is 2.64.